The van der Waals surface area contributed by atoms with Gasteiger partial charge in [0.25, 0.3) is 5.91 Å². The molecule has 43 heavy (non-hydrogen) atoms. The number of benzene rings is 2. The molecule has 0 unspecified atom stereocenters. The summed E-state index contributed by atoms with van der Waals surface area (Å²) in [7, 11) is 0. The number of imidazole rings is 1. The van der Waals surface area contributed by atoms with E-state index in [-0.39, 0.29) is 11.9 Å². The number of anilines is 4. The largest absolute Gasteiger partial charge is 0.378 e. The molecule has 3 amide bonds. The fraction of sp³-hybridized carbons (Fsp3) is 0.212. The molecule has 0 spiro atoms. The Morgan fingerprint density at radius 2 is 1.79 bits per heavy atom. The standard InChI is InChI=1S/C33H33N7O3/c1-3-40(26-8-5-4-6-9-26)33(42)37-28-11-7-10-27(23(28)2)25-20-29(31-34-14-15-39(31)22-25)36-30-13-12-24(21-35-30)32(41)38-16-18-43-19-17-38/h4-15,20-22H,3,16-19H2,1-2H3,(H,35,36)(H,37,42). The lowest BCUT2D eigenvalue weighted by molar-refractivity contribution is 0.0302. The van der Waals surface area contributed by atoms with E-state index in [9.17, 15) is 9.59 Å². The van der Waals surface area contributed by atoms with Gasteiger partial charge in [-0.1, -0.05) is 30.3 Å². The van der Waals surface area contributed by atoms with Gasteiger partial charge in [0, 0.05) is 61.4 Å². The summed E-state index contributed by atoms with van der Waals surface area (Å²) in [6.07, 6.45) is 7.25. The summed E-state index contributed by atoms with van der Waals surface area (Å²) in [5.74, 6) is 0.548. The van der Waals surface area contributed by atoms with E-state index < -0.39 is 0 Å². The van der Waals surface area contributed by atoms with Crippen LogP contribution in [0.25, 0.3) is 16.8 Å². The molecule has 1 saturated heterocycles. The van der Waals surface area contributed by atoms with Crippen molar-refractivity contribution in [2.45, 2.75) is 13.8 Å². The van der Waals surface area contributed by atoms with Gasteiger partial charge >= 0.3 is 6.03 Å². The fourth-order valence-electron chi connectivity index (χ4n) is 5.27. The molecular weight excluding hydrogens is 542 g/mol. The van der Waals surface area contributed by atoms with Gasteiger partial charge < -0.3 is 24.7 Å². The number of nitrogens with one attached hydrogen (secondary N) is 2. The van der Waals surface area contributed by atoms with Crippen LogP contribution >= 0.6 is 0 Å². The van der Waals surface area contributed by atoms with E-state index in [4.69, 9.17) is 4.74 Å². The summed E-state index contributed by atoms with van der Waals surface area (Å²) >= 11 is 0. The van der Waals surface area contributed by atoms with Crippen molar-refractivity contribution in [3.8, 4) is 11.1 Å². The Kier molecular flexibility index (Phi) is 8.01. The molecule has 3 aromatic heterocycles. The Labute approximate surface area is 249 Å². The molecule has 218 valence electrons. The number of amides is 3. The van der Waals surface area contributed by atoms with Gasteiger partial charge in [-0.2, -0.15) is 0 Å². The van der Waals surface area contributed by atoms with Crippen LogP contribution in [0.2, 0.25) is 0 Å². The highest BCUT2D eigenvalue weighted by Crippen LogP contribution is 2.33. The van der Waals surface area contributed by atoms with Crippen molar-refractivity contribution in [2.24, 2.45) is 0 Å². The van der Waals surface area contributed by atoms with Crippen molar-refractivity contribution in [3.63, 3.8) is 0 Å². The van der Waals surface area contributed by atoms with Crippen molar-refractivity contribution < 1.29 is 14.3 Å². The van der Waals surface area contributed by atoms with Crippen LogP contribution in [0.3, 0.4) is 0 Å². The number of hydrogen-bond donors (Lipinski definition) is 2. The lowest BCUT2D eigenvalue weighted by atomic mass is 10.00. The summed E-state index contributed by atoms with van der Waals surface area (Å²) in [6, 6.07) is 20.9. The van der Waals surface area contributed by atoms with Gasteiger partial charge in [-0.15, -0.1) is 0 Å². The molecule has 10 nitrogen and oxygen atoms in total. The first kappa shape index (κ1) is 27.9. The van der Waals surface area contributed by atoms with Gasteiger partial charge in [0.2, 0.25) is 0 Å². The molecule has 1 aliphatic heterocycles. The average molecular weight is 576 g/mol. The molecule has 1 aliphatic rings. The number of fused-ring (bicyclic) bond motifs is 1. The van der Waals surface area contributed by atoms with Crippen LogP contribution in [0.4, 0.5) is 27.7 Å². The summed E-state index contributed by atoms with van der Waals surface area (Å²) in [6.45, 7) is 6.76. The number of nitrogens with zero attached hydrogens (tertiary/aromatic N) is 5. The number of pyridine rings is 2. The molecule has 10 heteroatoms. The van der Waals surface area contributed by atoms with Crippen LogP contribution in [0, 0.1) is 6.92 Å². The van der Waals surface area contributed by atoms with Crippen molar-refractivity contribution in [1.29, 1.82) is 0 Å². The highest BCUT2D eigenvalue weighted by Gasteiger charge is 2.20. The average Bonchev–Trinajstić information content (AvgIpc) is 3.53. The number of ether oxygens (including phenoxy) is 1. The maximum atomic E-state index is 13.3. The first-order valence-electron chi connectivity index (χ1n) is 14.3. The van der Waals surface area contributed by atoms with Crippen LogP contribution in [0.5, 0.6) is 0 Å². The van der Waals surface area contributed by atoms with E-state index in [1.807, 2.05) is 85.2 Å². The molecular formula is C33H33N7O3. The van der Waals surface area contributed by atoms with Crippen LogP contribution < -0.4 is 15.5 Å². The number of rotatable bonds is 7. The lowest BCUT2D eigenvalue weighted by Gasteiger charge is -2.26. The highest BCUT2D eigenvalue weighted by atomic mass is 16.5. The van der Waals surface area contributed by atoms with E-state index in [0.717, 1.165) is 39.4 Å². The van der Waals surface area contributed by atoms with Gasteiger partial charge in [0.05, 0.1) is 24.5 Å². The van der Waals surface area contributed by atoms with E-state index in [1.165, 1.54) is 0 Å². The number of aromatic nitrogens is 3. The van der Waals surface area contributed by atoms with Crippen molar-refractivity contribution >= 4 is 40.5 Å². The summed E-state index contributed by atoms with van der Waals surface area (Å²) in [5, 5.41) is 6.48. The molecule has 5 aromatic rings. The van der Waals surface area contributed by atoms with Crippen LogP contribution in [0.15, 0.2) is 91.5 Å². The second-order valence-corrected chi connectivity index (χ2v) is 10.3. The third-order valence-corrected chi connectivity index (χ3v) is 7.57. The van der Waals surface area contributed by atoms with Crippen molar-refractivity contribution in [2.75, 3.05) is 48.4 Å². The summed E-state index contributed by atoms with van der Waals surface area (Å²) in [4.78, 5) is 38.6. The zero-order valence-corrected chi connectivity index (χ0v) is 24.2. The molecule has 0 atom stereocenters. The summed E-state index contributed by atoms with van der Waals surface area (Å²) < 4.78 is 7.31. The van der Waals surface area contributed by atoms with Gasteiger partial charge in [0.15, 0.2) is 5.65 Å². The number of hydrogen-bond acceptors (Lipinski definition) is 6. The van der Waals surface area contributed by atoms with Crippen molar-refractivity contribution in [3.05, 3.63) is 103 Å². The van der Waals surface area contributed by atoms with Crippen LogP contribution in [0.1, 0.15) is 22.8 Å². The number of urea groups is 1. The smallest absolute Gasteiger partial charge is 0.326 e. The zero-order chi connectivity index (χ0) is 29.8. The van der Waals surface area contributed by atoms with Gasteiger partial charge in [-0.25, -0.2) is 14.8 Å². The Hall–Kier alpha value is -5.22. The second-order valence-electron chi connectivity index (χ2n) is 10.3. The molecule has 2 aromatic carbocycles. The predicted molar refractivity (Wildman–Crippen MR) is 168 cm³/mol. The first-order valence-corrected chi connectivity index (χ1v) is 14.3. The Morgan fingerprint density at radius 1 is 0.977 bits per heavy atom. The number of carbonyl (C=O) groups excluding carboxylic acids is 2. The van der Waals surface area contributed by atoms with E-state index in [1.54, 1.807) is 34.3 Å². The Morgan fingerprint density at radius 3 is 2.53 bits per heavy atom. The van der Waals surface area contributed by atoms with E-state index >= 15 is 0 Å². The maximum absolute atomic E-state index is 13.3. The fourth-order valence-corrected chi connectivity index (χ4v) is 5.27. The summed E-state index contributed by atoms with van der Waals surface area (Å²) in [5.41, 5.74) is 6.46. The molecule has 4 heterocycles. The van der Waals surface area contributed by atoms with Crippen LogP contribution in [-0.2, 0) is 4.74 Å². The first-order chi connectivity index (χ1) is 21.0. The minimum atomic E-state index is -0.192. The van der Waals surface area contributed by atoms with Crippen LogP contribution in [-0.4, -0.2) is 64.1 Å². The molecule has 2 N–H and O–H groups in total. The van der Waals surface area contributed by atoms with Gasteiger partial charge in [0.1, 0.15) is 5.82 Å². The molecule has 0 bridgehead atoms. The minimum Gasteiger partial charge on any atom is -0.378 e. The molecule has 0 aliphatic carbocycles. The molecule has 0 saturated carbocycles. The monoisotopic (exact) mass is 575 g/mol. The highest BCUT2D eigenvalue weighted by molar-refractivity contribution is 6.02. The Bertz CT molecular complexity index is 1750. The lowest BCUT2D eigenvalue weighted by Crippen LogP contribution is -2.40. The molecule has 1 fully saturated rings. The van der Waals surface area contributed by atoms with Gasteiger partial charge in [-0.05, 0) is 61.4 Å². The molecule has 0 radical (unpaired) electrons. The quantitative estimate of drug-likeness (QED) is 0.248. The SMILES string of the molecule is CCN(C(=O)Nc1cccc(-c2cc(Nc3ccc(C(=O)N4CCOCC4)cn3)c3nccn3c2)c1C)c1ccccc1. The maximum Gasteiger partial charge on any atom is 0.326 e. The molecule has 6 rings (SSSR count). The van der Waals surface area contributed by atoms with E-state index in [0.29, 0.717) is 44.2 Å². The second kappa shape index (κ2) is 12.3. The zero-order valence-electron chi connectivity index (χ0n) is 24.2. The normalized spacial score (nSPS) is 13.1. The third-order valence-electron chi connectivity index (χ3n) is 7.57. The number of morpholine rings is 1. The number of carbonyl (C=O) groups is 2. The predicted octanol–water partition coefficient (Wildman–Crippen LogP) is 5.98. The van der Waals surface area contributed by atoms with E-state index in [2.05, 4.69) is 20.6 Å². The Balaban J connectivity index is 1.25. The third kappa shape index (κ3) is 5.91. The van der Waals surface area contributed by atoms with Gasteiger partial charge in [-0.3, -0.25) is 9.69 Å². The topological polar surface area (TPSA) is 104 Å². The number of para-hydroxylation sites is 1. The minimum absolute atomic E-state index is 0.0479. The van der Waals surface area contributed by atoms with Crippen molar-refractivity contribution in [1.82, 2.24) is 19.3 Å².